The standard InChI is InChI=1S/C25H18ClNO5/c1-14-17(26)8-5-9-18(14)27-22(15-6-3-2-4-7-15)21(24(29)25(27)30)23(28)16-10-11-19-20(12-16)32-13-31-19/h2-12,22,28H,13H2,1H3/b23-21-. The summed E-state index contributed by atoms with van der Waals surface area (Å²) in [5, 5.41) is 11.7. The molecule has 1 N–H and O–H groups in total. The average molecular weight is 448 g/mol. The summed E-state index contributed by atoms with van der Waals surface area (Å²) in [5.74, 6) is -0.765. The molecule has 1 saturated heterocycles. The monoisotopic (exact) mass is 447 g/mol. The van der Waals surface area contributed by atoms with Gasteiger partial charge >= 0.3 is 0 Å². The number of halogens is 1. The van der Waals surface area contributed by atoms with Crippen LogP contribution in [0.2, 0.25) is 5.02 Å². The fraction of sp³-hybridized carbons (Fsp3) is 0.120. The van der Waals surface area contributed by atoms with Gasteiger partial charge in [-0.15, -0.1) is 0 Å². The lowest BCUT2D eigenvalue weighted by Crippen LogP contribution is -2.30. The highest BCUT2D eigenvalue weighted by atomic mass is 35.5. The predicted molar refractivity (Wildman–Crippen MR) is 120 cm³/mol. The summed E-state index contributed by atoms with van der Waals surface area (Å²) < 4.78 is 10.7. The summed E-state index contributed by atoms with van der Waals surface area (Å²) in [5.41, 5.74) is 2.22. The Labute approximate surface area is 189 Å². The van der Waals surface area contributed by atoms with Crippen molar-refractivity contribution in [1.82, 2.24) is 0 Å². The van der Waals surface area contributed by atoms with E-state index in [2.05, 4.69) is 0 Å². The van der Waals surface area contributed by atoms with Gasteiger partial charge in [-0.05, 0) is 48.4 Å². The number of hydrogen-bond donors (Lipinski definition) is 1. The Morgan fingerprint density at radius 2 is 1.75 bits per heavy atom. The number of carbonyl (C=O) groups is 2. The zero-order valence-corrected chi connectivity index (χ0v) is 17.8. The predicted octanol–water partition coefficient (Wildman–Crippen LogP) is 5.00. The first-order valence-corrected chi connectivity index (χ1v) is 10.4. The van der Waals surface area contributed by atoms with E-state index < -0.39 is 17.7 Å². The van der Waals surface area contributed by atoms with Crippen LogP contribution in [-0.2, 0) is 9.59 Å². The minimum atomic E-state index is -0.821. The summed E-state index contributed by atoms with van der Waals surface area (Å²) in [6.45, 7) is 1.87. The molecule has 2 aliphatic heterocycles. The van der Waals surface area contributed by atoms with E-state index in [9.17, 15) is 14.7 Å². The van der Waals surface area contributed by atoms with Gasteiger partial charge in [-0.1, -0.05) is 48.0 Å². The van der Waals surface area contributed by atoms with Gasteiger partial charge in [-0.3, -0.25) is 14.5 Å². The molecule has 2 heterocycles. The molecule has 7 heteroatoms. The summed E-state index contributed by atoms with van der Waals surface area (Å²) in [7, 11) is 0. The van der Waals surface area contributed by atoms with Crippen LogP contribution in [0.3, 0.4) is 0 Å². The van der Waals surface area contributed by atoms with Gasteiger partial charge in [0, 0.05) is 16.3 Å². The molecule has 1 atom stereocenters. The Morgan fingerprint density at radius 1 is 1.00 bits per heavy atom. The van der Waals surface area contributed by atoms with Crippen LogP contribution < -0.4 is 14.4 Å². The number of ketones is 1. The highest BCUT2D eigenvalue weighted by Crippen LogP contribution is 2.44. The van der Waals surface area contributed by atoms with E-state index in [4.69, 9.17) is 21.1 Å². The van der Waals surface area contributed by atoms with Gasteiger partial charge in [0.25, 0.3) is 11.7 Å². The summed E-state index contributed by atoms with van der Waals surface area (Å²) in [4.78, 5) is 27.8. The Hall–Kier alpha value is -3.77. The lowest BCUT2D eigenvalue weighted by Gasteiger charge is -2.27. The number of anilines is 1. The first-order valence-electron chi connectivity index (χ1n) is 9.98. The van der Waals surface area contributed by atoms with E-state index in [1.54, 1.807) is 43.3 Å². The normalized spacial score (nSPS) is 18.9. The van der Waals surface area contributed by atoms with E-state index in [1.165, 1.54) is 4.90 Å². The summed E-state index contributed by atoms with van der Waals surface area (Å²) in [6.07, 6.45) is 0. The number of carbonyl (C=O) groups excluding carboxylic acids is 2. The first kappa shape index (κ1) is 20.2. The Morgan fingerprint density at radius 3 is 2.53 bits per heavy atom. The van der Waals surface area contributed by atoms with Gasteiger partial charge in [-0.25, -0.2) is 0 Å². The second-order valence-electron chi connectivity index (χ2n) is 7.53. The number of ether oxygens (including phenoxy) is 2. The van der Waals surface area contributed by atoms with Crippen LogP contribution in [0.5, 0.6) is 11.5 Å². The van der Waals surface area contributed by atoms with Crippen molar-refractivity contribution < 1.29 is 24.2 Å². The molecule has 3 aromatic carbocycles. The van der Waals surface area contributed by atoms with Gasteiger partial charge in [0.05, 0.1) is 11.6 Å². The van der Waals surface area contributed by atoms with E-state index >= 15 is 0 Å². The fourth-order valence-electron chi connectivity index (χ4n) is 4.09. The van der Waals surface area contributed by atoms with Crippen LogP contribution in [0.4, 0.5) is 5.69 Å². The number of Topliss-reactive ketones (excluding diaryl/α,β-unsaturated/α-hetero) is 1. The number of hydrogen-bond acceptors (Lipinski definition) is 5. The van der Waals surface area contributed by atoms with Gasteiger partial charge in [0.2, 0.25) is 6.79 Å². The van der Waals surface area contributed by atoms with Crippen molar-refractivity contribution in [2.24, 2.45) is 0 Å². The second-order valence-corrected chi connectivity index (χ2v) is 7.94. The lowest BCUT2D eigenvalue weighted by molar-refractivity contribution is -0.132. The van der Waals surface area contributed by atoms with Crippen molar-refractivity contribution in [1.29, 1.82) is 0 Å². The average Bonchev–Trinajstić information content (AvgIpc) is 3.38. The molecule has 3 aromatic rings. The van der Waals surface area contributed by atoms with Gasteiger partial charge < -0.3 is 14.6 Å². The van der Waals surface area contributed by atoms with Gasteiger partial charge in [0.1, 0.15) is 5.76 Å². The number of amides is 1. The SMILES string of the molecule is Cc1c(Cl)cccc1N1C(=O)C(=O)/C(=C(\O)c2ccc3c(c2)OCO3)C1c1ccccc1. The topological polar surface area (TPSA) is 76.1 Å². The molecule has 1 unspecified atom stereocenters. The van der Waals surface area contributed by atoms with Crippen LogP contribution in [-0.4, -0.2) is 23.6 Å². The number of aliphatic hydroxyl groups excluding tert-OH is 1. The summed E-state index contributed by atoms with van der Waals surface area (Å²) in [6, 6.07) is 18.4. The van der Waals surface area contributed by atoms with Crippen LogP contribution in [0.15, 0.2) is 72.3 Å². The highest BCUT2D eigenvalue weighted by molar-refractivity contribution is 6.52. The molecule has 0 spiro atoms. The van der Waals surface area contributed by atoms with Crippen molar-refractivity contribution in [2.45, 2.75) is 13.0 Å². The molecule has 0 aliphatic carbocycles. The van der Waals surface area contributed by atoms with Crippen LogP contribution in [0.25, 0.3) is 5.76 Å². The molecular weight excluding hydrogens is 430 g/mol. The molecule has 32 heavy (non-hydrogen) atoms. The Balaban J connectivity index is 1.73. The van der Waals surface area contributed by atoms with E-state index in [0.29, 0.717) is 38.9 Å². The molecule has 1 amide bonds. The smallest absolute Gasteiger partial charge is 0.300 e. The van der Waals surface area contributed by atoms with E-state index in [1.807, 2.05) is 30.3 Å². The third-order valence-electron chi connectivity index (χ3n) is 5.70. The number of benzene rings is 3. The molecule has 0 saturated carbocycles. The number of rotatable bonds is 3. The molecule has 160 valence electrons. The minimum Gasteiger partial charge on any atom is -0.507 e. The molecule has 0 aromatic heterocycles. The van der Waals surface area contributed by atoms with Crippen LogP contribution in [0.1, 0.15) is 22.7 Å². The first-order chi connectivity index (χ1) is 15.5. The van der Waals surface area contributed by atoms with Crippen LogP contribution in [0, 0.1) is 6.92 Å². The van der Waals surface area contributed by atoms with Crippen molar-refractivity contribution in [2.75, 3.05) is 11.7 Å². The van der Waals surface area contributed by atoms with E-state index in [0.717, 1.165) is 0 Å². The van der Waals surface area contributed by atoms with Gasteiger partial charge in [-0.2, -0.15) is 0 Å². The molecule has 1 fully saturated rings. The van der Waals surface area contributed by atoms with Crippen LogP contribution >= 0.6 is 11.6 Å². The number of aliphatic hydroxyl groups is 1. The molecule has 0 radical (unpaired) electrons. The maximum absolute atomic E-state index is 13.2. The number of nitrogens with zero attached hydrogens (tertiary/aromatic N) is 1. The Bertz CT molecular complexity index is 1280. The zero-order valence-electron chi connectivity index (χ0n) is 17.0. The lowest BCUT2D eigenvalue weighted by atomic mass is 9.95. The van der Waals surface area contributed by atoms with Crippen molar-refractivity contribution >= 4 is 34.7 Å². The fourth-order valence-corrected chi connectivity index (χ4v) is 4.26. The third kappa shape index (κ3) is 3.11. The quantitative estimate of drug-likeness (QED) is 0.347. The van der Waals surface area contributed by atoms with Gasteiger partial charge in [0.15, 0.2) is 11.5 Å². The number of fused-ring (bicyclic) bond motifs is 1. The maximum Gasteiger partial charge on any atom is 0.300 e. The molecular formula is C25H18ClNO5. The Kier molecular flexibility index (Phi) is 4.87. The highest BCUT2D eigenvalue weighted by Gasteiger charge is 2.47. The largest absolute Gasteiger partial charge is 0.507 e. The second kappa shape index (κ2) is 7.73. The third-order valence-corrected chi connectivity index (χ3v) is 6.11. The zero-order chi connectivity index (χ0) is 22.4. The van der Waals surface area contributed by atoms with Crippen molar-refractivity contribution in [3.8, 4) is 11.5 Å². The van der Waals surface area contributed by atoms with E-state index in [-0.39, 0.29) is 18.1 Å². The summed E-state index contributed by atoms with van der Waals surface area (Å²) >= 11 is 6.31. The minimum absolute atomic E-state index is 0.000518. The maximum atomic E-state index is 13.2. The van der Waals surface area contributed by atoms with Crippen molar-refractivity contribution in [3.63, 3.8) is 0 Å². The molecule has 5 rings (SSSR count). The molecule has 0 bridgehead atoms. The van der Waals surface area contributed by atoms with Crippen molar-refractivity contribution in [3.05, 3.63) is 94.0 Å². The molecule has 6 nitrogen and oxygen atoms in total. The molecule has 2 aliphatic rings.